The molecule has 0 saturated carbocycles. The molecule has 7 heteroatoms. The molecule has 1 aromatic heterocycles. The van der Waals surface area contributed by atoms with Crippen molar-refractivity contribution in [2.45, 2.75) is 27.2 Å². The zero-order valence-corrected chi connectivity index (χ0v) is 13.7. The highest BCUT2D eigenvalue weighted by atomic mass is 16.5. The normalized spacial score (nSPS) is 20.7. The minimum atomic E-state index is -0.514. The molecule has 122 valence electrons. The molecular weight excluding hydrogens is 294 g/mol. The van der Waals surface area contributed by atoms with Crippen LogP contribution in [0.3, 0.4) is 0 Å². The SMILES string of the molecule is CCOC(=O)C1(C)CCN(c2nnnn2-c2ccc(C)cc2)C1. The van der Waals surface area contributed by atoms with Gasteiger partial charge in [0.25, 0.3) is 0 Å². The lowest BCUT2D eigenvalue weighted by molar-refractivity contribution is -0.153. The smallest absolute Gasteiger partial charge is 0.313 e. The summed E-state index contributed by atoms with van der Waals surface area (Å²) >= 11 is 0. The van der Waals surface area contributed by atoms with Gasteiger partial charge in [0, 0.05) is 13.1 Å². The van der Waals surface area contributed by atoms with Crippen molar-refractivity contribution >= 4 is 11.9 Å². The highest BCUT2D eigenvalue weighted by Gasteiger charge is 2.43. The second kappa shape index (κ2) is 5.98. The van der Waals surface area contributed by atoms with Crippen LogP contribution in [0.25, 0.3) is 5.69 Å². The molecule has 1 aliphatic heterocycles. The number of hydrogen-bond donors (Lipinski definition) is 0. The first kappa shape index (κ1) is 15.5. The minimum Gasteiger partial charge on any atom is -0.466 e. The van der Waals surface area contributed by atoms with Crippen molar-refractivity contribution in [1.29, 1.82) is 0 Å². The van der Waals surface area contributed by atoms with Crippen molar-refractivity contribution in [2.75, 3.05) is 24.6 Å². The number of carbonyl (C=O) groups is 1. The minimum absolute atomic E-state index is 0.156. The maximum atomic E-state index is 12.2. The molecular formula is C16H21N5O2. The van der Waals surface area contributed by atoms with E-state index < -0.39 is 5.41 Å². The summed E-state index contributed by atoms with van der Waals surface area (Å²) in [7, 11) is 0. The maximum Gasteiger partial charge on any atom is 0.313 e. The van der Waals surface area contributed by atoms with Gasteiger partial charge in [0.15, 0.2) is 0 Å². The predicted molar refractivity (Wildman–Crippen MR) is 85.5 cm³/mol. The van der Waals surface area contributed by atoms with Gasteiger partial charge in [0.05, 0.1) is 17.7 Å². The summed E-state index contributed by atoms with van der Waals surface area (Å²) < 4.78 is 6.90. The summed E-state index contributed by atoms with van der Waals surface area (Å²) in [4.78, 5) is 14.2. The van der Waals surface area contributed by atoms with Crippen LogP contribution in [-0.2, 0) is 9.53 Å². The topological polar surface area (TPSA) is 73.1 Å². The van der Waals surface area contributed by atoms with Crippen molar-refractivity contribution in [3.8, 4) is 5.69 Å². The van der Waals surface area contributed by atoms with Crippen LogP contribution in [0.4, 0.5) is 5.95 Å². The van der Waals surface area contributed by atoms with Crippen LogP contribution in [-0.4, -0.2) is 45.9 Å². The Morgan fingerprint density at radius 2 is 2.09 bits per heavy atom. The van der Waals surface area contributed by atoms with E-state index in [1.807, 2.05) is 49.9 Å². The Hall–Kier alpha value is -2.44. The van der Waals surface area contributed by atoms with Crippen LogP contribution in [0.2, 0.25) is 0 Å². The number of aromatic nitrogens is 4. The van der Waals surface area contributed by atoms with Crippen molar-refractivity contribution < 1.29 is 9.53 Å². The molecule has 0 radical (unpaired) electrons. The highest BCUT2D eigenvalue weighted by Crippen LogP contribution is 2.34. The molecule has 7 nitrogen and oxygen atoms in total. The Bertz CT molecular complexity index is 697. The van der Waals surface area contributed by atoms with Gasteiger partial charge in [-0.15, -0.1) is 0 Å². The fourth-order valence-corrected chi connectivity index (χ4v) is 2.84. The van der Waals surface area contributed by atoms with Crippen molar-refractivity contribution in [1.82, 2.24) is 20.2 Å². The van der Waals surface area contributed by atoms with Crippen molar-refractivity contribution in [3.05, 3.63) is 29.8 Å². The monoisotopic (exact) mass is 315 g/mol. The number of hydrogen-bond acceptors (Lipinski definition) is 6. The number of tetrazole rings is 1. The lowest BCUT2D eigenvalue weighted by Crippen LogP contribution is -2.34. The average molecular weight is 315 g/mol. The maximum absolute atomic E-state index is 12.2. The molecule has 2 heterocycles. The molecule has 0 amide bonds. The van der Waals surface area contributed by atoms with Gasteiger partial charge in [-0.1, -0.05) is 22.8 Å². The molecule has 0 bridgehead atoms. The molecule has 23 heavy (non-hydrogen) atoms. The number of nitrogens with zero attached hydrogens (tertiary/aromatic N) is 5. The standard InChI is InChI=1S/C16H21N5O2/c1-4-23-14(22)16(3)9-10-20(11-16)15-17-18-19-21(15)13-7-5-12(2)6-8-13/h5-8H,4,9-11H2,1-3H3. The summed E-state index contributed by atoms with van der Waals surface area (Å²) in [5.74, 6) is 0.499. The summed E-state index contributed by atoms with van der Waals surface area (Å²) in [5.41, 5.74) is 1.57. The molecule has 1 aliphatic rings. The van der Waals surface area contributed by atoms with Gasteiger partial charge in [0.1, 0.15) is 0 Å². The summed E-state index contributed by atoms with van der Waals surface area (Å²) in [5, 5.41) is 12.0. The van der Waals surface area contributed by atoms with E-state index in [0.29, 0.717) is 19.1 Å². The Labute approximate surface area is 135 Å². The van der Waals surface area contributed by atoms with Gasteiger partial charge in [-0.25, -0.2) is 0 Å². The third-order valence-corrected chi connectivity index (χ3v) is 4.26. The van der Waals surface area contributed by atoms with E-state index in [2.05, 4.69) is 15.5 Å². The predicted octanol–water partition coefficient (Wildman–Crippen LogP) is 1.75. The van der Waals surface area contributed by atoms with Gasteiger partial charge in [-0.3, -0.25) is 4.79 Å². The van der Waals surface area contributed by atoms with Gasteiger partial charge >= 0.3 is 5.97 Å². The largest absolute Gasteiger partial charge is 0.466 e. The number of rotatable bonds is 4. The first-order chi connectivity index (χ1) is 11.0. The number of ether oxygens (including phenoxy) is 1. The van der Waals surface area contributed by atoms with E-state index in [1.54, 1.807) is 4.68 Å². The van der Waals surface area contributed by atoms with E-state index in [1.165, 1.54) is 5.56 Å². The Morgan fingerprint density at radius 1 is 1.35 bits per heavy atom. The fraction of sp³-hybridized carbons (Fsp3) is 0.500. The first-order valence-corrected chi connectivity index (χ1v) is 7.81. The van der Waals surface area contributed by atoms with Crippen molar-refractivity contribution in [3.63, 3.8) is 0 Å². The van der Waals surface area contributed by atoms with Crippen LogP contribution in [0.5, 0.6) is 0 Å². The second-order valence-corrected chi connectivity index (χ2v) is 6.18. The van der Waals surface area contributed by atoms with E-state index >= 15 is 0 Å². The third-order valence-electron chi connectivity index (χ3n) is 4.26. The summed E-state index contributed by atoms with van der Waals surface area (Å²) in [6.07, 6.45) is 0.729. The number of anilines is 1. The van der Waals surface area contributed by atoms with E-state index in [9.17, 15) is 4.79 Å². The Morgan fingerprint density at radius 3 is 2.78 bits per heavy atom. The fourth-order valence-electron chi connectivity index (χ4n) is 2.84. The van der Waals surface area contributed by atoms with Gasteiger partial charge in [-0.05, 0) is 49.8 Å². The molecule has 1 saturated heterocycles. The zero-order valence-electron chi connectivity index (χ0n) is 13.7. The van der Waals surface area contributed by atoms with Gasteiger partial charge in [-0.2, -0.15) is 4.68 Å². The van der Waals surface area contributed by atoms with Crippen LogP contribution < -0.4 is 4.90 Å². The lowest BCUT2D eigenvalue weighted by Gasteiger charge is -2.22. The van der Waals surface area contributed by atoms with Gasteiger partial charge < -0.3 is 9.64 Å². The van der Waals surface area contributed by atoms with Crippen LogP contribution >= 0.6 is 0 Å². The number of carbonyl (C=O) groups excluding carboxylic acids is 1. The Kier molecular flexibility index (Phi) is 4.02. The molecule has 1 fully saturated rings. The average Bonchev–Trinajstić information content (AvgIpc) is 3.16. The molecule has 1 unspecified atom stereocenters. The van der Waals surface area contributed by atoms with E-state index in [0.717, 1.165) is 18.7 Å². The third kappa shape index (κ3) is 2.91. The number of aryl methyl sites for hydroxylation is 1. The summed E-state index contributed by atoms with van der Waals surface area (Å²) in [6, 6.07) is 8.01. The van der Waals surface area contributed by atoms with E-state index in [-0.39, 0.29) is 5.97 Å². The van der Waals surface area contributed by atoms with Crippen LogP contribution in [0, 0.1) is 12.3 Å². The molecule has 0 aliphatic carbocycles. The summed E-state index contributed by atoms with van der Waals surface area (Å²) in [6.45, 7) is 7.47. The molecule has 1 aromatic carbocycles. The van der Waals surface area contributed by atoms with Crippen molar-refractivity contribution in [2.24, 2.45) is 5.41 Å². The number of esters is 1. The molecule has 3 rings (SSSR count). The van der Waals surface area contributed by atoms with Crippen LogP contribution in [0.1, 0.15) is 25.8 Å². The Balaban J connectivity index is 1.83. The lowest BCUT2D eigenvalue weighted by atomic mass is 9.90. The van der Waals surface area contributed by atoms with E-state index in [4.69, 9.17) is 4.74 Å². The van der Waals surface area contributed by atoms with Gasteiger partial charge in [0.2, 0.25) is 5.95 Å². The first-order valence-electron chi connectivity index (χ1n) is 7.81. The zero-order chi connectivity index (χ0) is 16.4. The molecule has 2 aromatic rings. The molecule has 0 N–H and O–H groups in total. The quantitative estimate of drug-likeness (QED) is 0.800. The molecule has 0 spiro atoms. The molecule has 1 atom stereocenters. The number of benzene rings is 1. The highest BCUT2D eigenvalue weighted by molar-refractivity contribution is 5.78. The van der Waals surface area contributed by atoms with Crippen LogP contribution in [0.15, 0.2) is 24.3 Å². The second-order valence-electron chi connectivity index (χ2n) is 6.18.